The molecule has 0 bridgehead atoms. The highest BCUT2D eigenvalue weighted by molar-refractivity contribution is 7.89. The highest BCUT2D eigenvalue weighted by Crippen LogP contribution is 2.24. The lowest BCUT2D eigenvalue weighted by Crippen LogP contribution is -2.35. The SMILES string of the molecule is CCCCS(=O)(=O)N[C@@H]1CC[C@H](CN)C1. The Bertz CT molecular complexity index is 277. The van der Waals surface area contributed by atoms with Gasteiger partial charge < -0.3 is 5.73 Å². The molecule has 15 heavy (non-hydrogen) atoms. The largest absolute Gasteiger partial charge is 0.330 e. The Hall–Kier alpha value is -0.130. The second kappa shape index (κ2) is 5.82. The first kappa shape index (κ1) is 12.9. The van der Waals surface area contributed by atoms with Gasteiger partial charge in [0.25, 0.3) is 0 Å². The van der Waals surface area contributed by atoms with Gasteiger partial charge in [-0.2, -0.15) is 0 Å². The van der Waals surface area contributed by atoms with Crippen molar-refractivity contribution >= 4 is 10.0 Å². The Balaban J connectivity index is 2.35. The Morgan fingerprint density at radius 3 is 2.67 bits per heavy atom. The van der Waals surface area contributed by atoms with Crippen LogP contribution in [0.15, 0.2) is 0 Å². The molecule has 3 N–H and O–H groups in total. The summed E-state index contributed by atoms with van der Waals surface area (Å²) in [6.45, 7) is 2.67. The molecule has 0 heterocycles. The quantitative estimate of drug-likeness (QED) is 0.715. The molecule has 1 saturated carbocycles. The molecule has 4 nitrogen and oxygen atoms in total. The molecule has 0 spiro atoms. The van der Waals surface area contributed by atoms with E-state index in [1.165, 1.54) is 0 Å². The lowest BCUT2D eigenvalue weighted by molar-refractivity contribution is 0.522. The van der Waals surface area contributed by atoms with Crippen molar-refractivity contribution in [3.63, 3.8) is 0 Å². The zero-order chi connectivity index (χ0) is 11.3. The number of hydrogen-bond donors (Lipinski definition) is 2. The second-order valence-electron chi connectivity index (χ2n) is 4.40. The van der Waals surface area contributed by atoms with Gasteiger partial charge in [-0.25, -0.2) is 13.1 Å². The van der Waals surface area contributed by atoms with Crippen LogP contribution in [0.4, 0.5) is 0 Å². The van der Waals surface area contributed by atoms with Crippen molar-refractivity contribution in [1.82, 2.24) is 4.72 Å². The minimum Gasteiger partial charge on any atom is -0.330 e. The second-order valence-corrected chi connectivity index (χ2v) is 6.28. The zero-order valence-electron chi connectivity index (χ0n) is 9.41. The number of unbranched alkanes of at least 4 members (excludes halogenated alkanes) is 1. The summed E-state index contributed by atoms with van der Waals surface area (Å²) in [6.07, 6.45) is 4.55. The number of sulfonamides is 1. The van der Waals surface area contributed by atoms with Crippen LogP contribution in [-0.2, 0) is 10.0 Å². The minimum absolute atomic E-state index is 0.125. The summed E-state index contributed by atoms with van der Waals surface area (Å²) in [5.41, 5.74) is 5.56. The van der Waals surface area contributed by atoms with Gasteiger partial charge in [0.15, 0.2) is 0 Å². The molecule has 0 aromatic rings. The summed E-state index contributed by atoms with van der Waals surface area (Å²) in [4.78, 5) is 0. The van der Waals surface area contributed by atoms with Gasteiger partial charge in [0.2, 0.25) is 10.0 Å². The average molecular weight is 234 g/mol. The molecule has 1 aliphatic carbocycles. The normalized spacial score (nSPS) is 27.1. The van der Waals surface area contributed by atoms with Crippen molar-refractivity contribution in [2.24, 2.45) is 11.7 Å². The van der Waals surface area contributed by atoms with Crippen molar-refractivity contribution in [2.75, 3.05) is 12.3 Å². The lowest BCUT2D eigenvalue weighted by atomic mass is 10.1. The molecule has 1 rings (SSSR count). The maximum Gasteiger partial charge on any atom is 0.211 e. The predicted octanol–water partition coefficient (Wildman–Crippen LogP) is 0.833. The fraction of sp³-hybridized carbons (Fsp3) is 1.00. The van der Waals surface area contributed by atoms with E-state index in [4.69, 9.17) is 5.73 Å². The highest BCUT2D eigenvalue weighted by Gasteiger charge is 2.26. The smallest absolute Gasteiger partial charge is 0.211 e. The molecule has 2 atom stereocenters. The van der Waals surface area contributed by atoms with E-state index in [-0.39, 0.29) is 11.8 Å². The number of rotatable bonds is 6. The van der Waals surface area contributed by atoms with Gasteiger partial charge in [-0.15, -0.1) is 0 Å². The molecular weight excluding hydrogens is 212 g/mol. The number of nitrogens with one attached hydrogen (secondary N) is 1. The number of hydrogen-bond acceptors (Lipinski definition) is 3. The molecule has 0 aromatic carbocycles. The summed E-state index contributed by atoms with van der Waals surface area (Å²) in [5, 5.41) is 0. The first-order valence-electron chi connectivity index (χ1n) is 5.77. The molecular formula is C10H22N2O2S. The molecule has 0 aliphatic heterocycles. The standard InChI is InChI=1S/C10H22N2O2S/c1-2-3-6-15(13,14)12-10-5-4-9(7-10)8-11/h9-10,12H,2-8,11H2,1H3/t9-,10+/m0/s1. The first-order valence-corrected chi connectivity index (χ1v) is 7.42. The Labute approximate surface area is 92.7 Å². The molecule has 90 valence electrons. The highest BCUT2D eigenvalue weighted by atomic mass is 32.2. The molecule has 0 amide bonds. The van der Waals surface area contributed by atoms with E-state index in [2.05, 4.69) is 4.72 Å². The lowest BCUT2D eigenvalue weighted by Gasteiger charge is -2.12. The van der Waals surface area contributed by atoms with Crippen LogP contribution in [0.3, 0.4) is 0 Å². The fourth-order valence-corrected chi connectivity index (χ4v) is 3.55. The van der Waals surface area contributed by atoms with Gasteiger partial charge in [-0.1, -0.05) is 13.3 Å². The van der Waals surface area contributed by atoms with E-state index >= 15 is 0 Å². The van der Waals surface area contributed by atoms with Gasteiger partial charge in [0.05, 0.1) is 5.75 Å². The maximum atomic E-state index is 11.6. The molecule has 0 saturated heterocycles. The van der Waals surface area contributed by atoms with Crippen LogP contribution in [0, 0.1) is 5.92 Å². The molecule has 5 heteroatoms. The van der Waals surface area contributed by atoms with Crippen molar-refractivity contribution in [3.8, 4) is 0 Å². The Kier molecular flexibility index (Phi) is 5.02. The van der Waals surface area contributed by atoms with E-state index in [1.807, 2.05) is 6.92 Å². The van der Waals surface area contributed by atoms with Crippen LogP contribution >= 0.6 is 0 Å². The topological polar surface area (TPSA) is 72.2 Å². The van der Waals surface area contributed by atoms with Crippen LogP contribution in [0.5, 0.6) is 0 Å². The molecule has 0 aromatic heterocycles. The monoisotopic (exact) mass is 234 g/mol. The van der Waals surface area contributed by atoms with Gasteiger partial charge >= 0.3 is 0 Å². The zero-order valence-corrected chi connectivity index (χ0v) is 10.2. The van der Waals surface area contributed by atoms with Crippen molar-refractivity contribution in [3.05, 3.63) is 0 Å². The summed E-state index contributed by atoms with van der Waals surface area (Å²) in [7, 11) is -3.05. The number of nitrogens with two attached hydrogens (primary N) is 1. The van der Waals surface area contributed by atoms with Crippen LogP contribution in [0.1, 0.15) is 39.0 Å². The summed E-state index contributed by atoms with van der Waals surface area (Å²) in [5.74, 6) is 0.761. The average Bonchev–Trinajstić information content (AvgIpc) is 2.62. The van der Waals surface area contributed by atoms with E-state index in [0.717, 1.165) is 32.1 Å². The molecule has 1 aliphatic rings. The third-order valence-electron chi connectivity index (χ3n) is 2.99. The summed E-state index contributed by atoms with van der Waals surface area (Å²) in [6, 6.07) is 0.125. The Morgan fingerprint density at radius 2 is 2.13 bits per heavy atom. The van der Waals surface area contributed by atoms with Gasteiger partial charge in [0, 0.05) is 6.04 Å². The maximum absolute atomic E-state index is 11.6. The van der Waals surface area contributed by atoms with Crippen molar-refractivity contribution in [1.29, 1.82) is 0 Å². The van der Waals surface area contributed by atoms with E-state index < -0.39 is 10.0 Å². The van der Waals surface area contributed by atoms with E-state index in [0.29, 0.717) is 12.5 Å². The molecule has 1 fully saturated rings. The molecule has 0 radical (unpaired) electrons. The fourth-order valence-electron chi connectivity index (χ4n) is 2.04. The van der Waals surface area contributed by atoms with Crippen LogP contribution < -0.4 is 10.5 Å². The van der Waals surface area contributed by atoms with E-state index in [1.54, 1.807) is 0 Å². The third-order valence-corrected chi connectivity index (χ3v) is 4.51. The predicted molar refractivity (Wildman–Crippen MR) is 62.0 cm³/mol. The van der Waals surface area contributed by atoms with Crippen LogP contribution in [0.25, 0.3) is 0 Å². The Morgan fingerprint density at radius 1 is 1.40 bits per heavy atom. The first-order chi connectivity index (χ1) is 7.07. The van der Waals surface area contributed by atoms with Crippen molar-refractivity contribution < 1.29 is 8.42 Å². The summed E-state index contributed by atoms with van der Waals surface area (Å²) >= 11 is 0. The van der Waals surface area contributed by atoms with Crippen LogP contribution in [0.2, 0.25) is 0 Å². The van der Waals surface area contributed by atoms with Crippen LogP contribution in [-0.4, -0.2) is 26.8 Å². The minimum atomic E-state index is -3.05. The van der Waals surface area contributed by atoms with Crippen molar-refractivity contribution in [2.45, 2.75) is 45.1 Å². The summed E-state index contributed by atoms with van der Waals surface area (Å²) < 4.78 is 26.0. The van der Waals surface area contributed by atoms with Gasteiger partial charge in [0.1, 0.15) is 0 Å². The van der Waals surface area contributed by atoms with Gasteiger partial charge in [-0.3, -0.25) is 0 Å². The third kappa shape index (κ3) is 4.49. The van der Waals surface area contributed by atoms with Gasteiger partial charge in [-0.05, 0) is 38.1 Å². The van der Waals surface area contributed by atoms with E-state index in [9.17, 15) is 8.42 Å². The molecule has 0 unspecified atom stereocenters.